The van der Waals surface area contributed by atoms with E-state index in [1.165, 1.54) is 6.20 Å². The van der Waals surface area contributed by atoms with E-state index in [1.807, 2.05) is 19.1 Å². The molecule has 1 aromatic carbocycles. The number of halogens is 3. The number of nitrogens with two attached hydrogens (primary N) is 1. The standard InChI is InChI=1S/C17H19ClF2N4O/c1-10-2-5-12(6-14(10)18)24-15(11-3-4-11)13(7-23-24)16(25)22-9-17(19,20)8-21/h2,5-7,11H,3-4,8-9,21H2,1H3,(H,22,25). The van der Waals surface area contributed by atoms with Gasteiger partial charge in [0.2, 0.25) is 0 Å². The van der Waals surface area contributed by atoms with E-state index in [1.54, 1.807) is 10.7 Å². The van der Waals surface area contributed by atoms with E-state index in [-0.39, 0.29) is 5.92 Å². The zero-order chi connectivity index (χ0) is 18.2. The Hall–Kier alpha value is -1.99. The number of carbonyl (C=O) groups excluding carboxylic acids is 1. The van der Waals surface area contributed by atoms with Gasteiger partial charge in [0, 0.05) is 10.9 Å². The quantitative estimate of drug-likeness (QED) is 0.823. The molecule has 0 saturated heterocycles. The van der Waals surface area contributed by atoms with Crippen molar-refractivity contribution in [3.05, 3.63) is 46.2 Å². The molecule has 0 spiro atoms. The number of carbonyl (C=O) groups is 1. The number of nitrogens with zero attached hydrogens (tertiary/aromatic N) is 2. The Morgan fingerprint density at radius 1 is 1.48 bits per heavy atom. The lowest BCUT2D eigenvalue weighted by molar-refractivity contribution is 0.0118. The summed E-state index contributed by atoms with van der Waals surface area (Å²) < 4.78 is 28.2. The lowest BCUT2D eigenvalue weighted by Gasteiger charge is -2.15. The number of hydrogen-bond acceptors (Lipinski definition) is 3. The molecule has 5 nitrogen and oxygen atoms in total. The third-order valence-electron chi connectivity index (χ3n) is 4.22. The maximum atomic E-state index is 13.3. The summed E-state index contributed by atoms with van der Waals surface area (Å²) in [6.45, 7) is 0.283. The number of aromatic nitrogens is 2. The van der Waals surface area contributed by atoms with E-state index in [2.05, 4.69) is 10.4 Å². The Morgan fingerprint density at radius 3 is 2.80 bits per heavy atom. The molecule has 1 aliphatic rings. The molecule has 134 valence electrons. The van der Waals surface area contributed by atoms with Crippen LogP contribution in [-0.2, 0) is 0 Å². The van der Waals surface area contributed by atoms with Gasteiger partial charge in [-0.1, -0.05) is 17.7 Å². The van der Waals surface area contributed by atoms with Gasteiger partial charge >= 0.3 is 0 Å². The molecular formula is C17H19ClF2N4O. The van der Waals surface area contributed by atoms with Gasteiger partial charge in [-0.3, -0.25) is 4.79 Å². The highest BCUT2D eigenvalue weighted by atomic mass is 35.5. The Kier molecular flexibility index (Phi) is 4.79. The zero-order valence-electron chi connectivity index (χ0n) is 13.7. The summed E-state index contributed by atoms with van der Waals surface area (Å²) >= 11 is 6.18. The fourth-order valence-corrected chi connectivity index (χ4v) is 2.75. The van der Waals surface area contributed by atoms with Gasteiger partial charge < -0.3 is 11.1 Å². The van der Waals surface area contributed by atoms with E-state index in [0.717, 1.165) is 29.8 Å². The molecule has 0 atom stereocenters. The molecule has 1 aliphatic carbocycles. The lowest BCUT2D eigenvalue weighted by atomic mass is 10.1. The van der Waals surface area contributed by atoms with Crippen LogP contribution < -0.4 is 11.1 Å². The van der Waals surface area contributed by atoms with Crippen molar-refractivity contribution in [2.24, 2.45) is 5.73 Å². The number of alkyl halides is 2. The summed E-state index contributed by atoms with van der Waals surface area (Å²) in [4.78, 5) is 12.4. The SMILES string of the molecule is Cc1ccc(-n2ncc(C(=O)NCC(F)(F)CN)c2C2CC2)cc1Cl. The van der Waals surface area contributed by atoms with Crippen molar-refractivity contribution in [2.75, 3.05) is 13.1 Å². The van der Waals surface area contributed by atoms with Crippen LogP contribution in [0.25, 0.3) is 5.69 Å². The van der Waals surface area contributed by atoms with Crippen molar-refractivity contribution in [1.29, 1.82) is 0 Å². The molecule has 3 rings (SSSR count). The van der Waals surface area contributed by atoms with Crippen LogP contribution in [0.3, 0.4) is 0 Å². The second-order valence-corrected chi connectivity index (χ2v) is 6.71. The molecule has 25 heavy (non-hydrogen) atoms. The van der Waals surface area contributed by atoms with Gasteiger partial charge in [-0.2, -0.15) is 5.10 Å². The van der Waals surface area contributed by atoms with Crippen LogP contribution in [0, 0.1) is 6.92 Å². The van der Waals surface area contributed by atoms with Gasteiger partial charge in [-0.05, 0) is 37.5 Å². The van der Waals surface area contributed by atoms with Crippen molar-refractivity contribution in [2.45, 2.75) is 31.6 Å². The third-order valence-corrected chi connectivity index (χ3v) is 4.63. The summed E-state index contributed by atoms with van der Waals surface area (Å²) in [6, 6.07) is 5.52. The van der Waals surface area contributed by atoms with Crippen molar-refractivity contribution in [3.8, 4) is 5.69 Å². The number of aryl methyl sites for hydroxylation is 1. The molecule has 1 amide bonds. The van der Waals surface area contributed by atoms with Crippen molar-refractivity contribution in [3.63, 3.8) is 0 Å². The zero-order valence-corrected chi connectivity index (χ0v) is 14.5. The number of rotatable bonds is 6. The largest absolute Gasteiger partial charge is 0.346 e. The number of hydrogen-bond donors (Lipinski definition) is 2. The first-order valence-corrected chi connectivity index (χ1v) is 8.41. The maximum absolute atomic E-state index is 13.3. The van der Waals surface area contributed by atoms with E-state index < -0.39 is 24.9 Å². The van der Waals surface area contributed by atoms with Gasteiger partial charge in [0.1, 0.15) is 0 Å². The predicted molar refractivity (Wildman–Crippen MR) is 91.6 cm³/mol. The average Bonchev–Trinajstić information content (AvgIpc) is 3.33. The molecule has 0 bridgehead atoms. The molecule has 1 heterocycles. The normalized spacial score (nSPS) is 14.6. The monoisotopic (exact) mass is 368 g/mol. The summed E-state index contributed by atoms with van der Waals surface area (Å²) in [6.07, 6.45) is 3.28. The van der Waals surface area contributed by atoms with Crippen LogP contribution in [0.1, 0.15) is 40.4 Å². The Labute approximate surface area is 149 Å². The smallest absolute Gasteiger partial charge is 0.277 e. The summed E-state index contributed by atoms with van der Waals surface area (Å²) in [5.41, 5.74) is 7.71. The van der Waals surface area contributed by atoms with Crippen LogP contribution in [0.15, 0.2) is 24.4 Å². The van der Waals surface area contributed by atoms with Gasteiger partial charge in [0.05, 0.1) is 36.2 Å². The summed E-state index contributed by atoms with van der Waals surface area (Å²) in [5.74, 6) is -3.51. The molecule has 1 fully saturated rings. The van der Waals surface area contributed by atoms with Gasteiger partial charge in [-0.15, -0.1) is 0 Å². The molecule has 0 aliphatic heterocycles. The molecule has 8 heteroatoms. The minimum Gasteiger partial charge on any atom is -0.346 e. The van der Waals surface area contributed by atoms with Crippen LogP contribution in [0.4, 0.5) is 8.78 Å². The summed E-state index contributed by atoms with van der Waals surface area (Å²) in [5, 5.41) is 7.14. The van der Waals surface area contributed by atoms with E-state index in [0.29, 0.717) is 10.6 Å². The lowest BCUT2D eigenvalue weighted by Crippen LogP contribution is -2.41. The highest BCUT2D eigenvalue weighted by Gasteiger charge is 2.34. The molecule has 1 aromatic heterocycles. The van der Waals surface area contributed by atoms with Crippen molar-refractivity contribution >= 4 is 17.5 Å². The summed E-state index contributed by atoms with van der Waals surface area (Å²) in [7, 11) is 0. The van der Waals surface area contributed by atoms with Crippen molar-refractivity contribution in [1.82, 2.24) is 15.1 Å². The minimum absolute atomic E-state index is 0.193. The van der Waals surface area contributed by atoms with Crippen LogP contribution >= 0.6 is 11.6 Å². The van der Waals surface area contributed by atoms with Crippen LogP contribution in [0.2, 0.25) is 5.02 Å². The molecular weight excluding hydrogens is 350 g/mol. The van der Waals surface area contributed by atoms with E-state index >= 15 is 0 Å². The Balaban J connectivity index is 1.90. The second kappa shape index (κ2) is 6.72. The molecule has 2 aromatic rings. The topological polar surface area (TPSA) is 72.9 Å². The fourth-order valence-electron chi connectivity index (χ4n) is 2.58. The first-order chi connectivity index (χ1) is 11.8. The predicted octanol–water partition coefficient (Wildman–Crippen LogP) is 3.04. The average molecular weight is 369 g/mol. The van der Waals surface area contributed by atoms with Crippen molar-refractivity contribution < 1.29 is 13.6 Å². The van der Waals surface area contributed by atoms with E-state index in [9.17, 15) is 13.6 Å². The Morgan fingerprint density at radius 2 is 2.20 bits per heavy atom. The van der Waals surface area contributed by atoms with Gasteiger partial charge in [0.25, 0.3) is 11.8 Å². The molecule has 0 unspecified atom stereocenters. The minimum atomic E-state index is -3.13. The first kappa shape index (κ1) is 17.8. The van der Waals surface area contributed by atoms with E-state index in [4.69, 9.17) is 17.3 Å². The maximum Gasteiger partial charge on any atom is 0.277 e. The highest BCUT2D eigenvalue weighted by molar-refractivity contribution is 6.31. The number of amides is 1. The number of nitrogens with one attached hydrogen (secondary N) is 1. The second-order valence-electron chi connectivity index (χ2n) is 6.31. The van der Waals surface area contributed by atoms with Crippen LogP contribution in [-0.4, -0.2) is 34.7 Å². The molecule has 1 saturated carbocycles. The number of benzene rings is 1. The first-order valence-electron chi connectivity index (χ1n) is 8.03. The molecule has 3 N–H and O–H groups in total. The fraction of sp³-hybridized carbons (Fsp3) is 0.412. The highest BCUT2D eigenvalue weighted by Crippen LogP contribution is 2.42. The Bertz CT molecular complexity index is 802. The third kappa shape index (κ3) is 3.82. The van der Waals surface area contributed by atoms with Gasteiger partial charge in [0.15, 0.2) is 0 Å². The molecule has 0 radical (unpaired) electrons. The van der Waals surface area contributed by atoms with Crippen LogP contribution in [0.5, 0.6) is 0 Å². The van der Waals surface area contributed by atoms with Gasteiger partial charge in [-0.25, -0.2) is 13.5 Å².